The molecule has 4 rings (SSSR count). The van der Waals surface area contributed by atoms with Crippen molar-refractivity contribution in [3.63, 3.8) is 0 Å². The zero-order chi connectivity index (χ0) is 22.0. The van der Waals surface area contributed by atoms with Gasteiger partial charge in [-0.05, 0) is 61.6 Å². The van der Waals surface area contributed by atoms with Crippen molar-refractivity contribution in [3.8, 4) is 0 Å². The summed E-state index contributed by atoms with van der Waals surface area (Å²) in [4.78, 5) is 29.8. The van der Waals surface area contributed by atoms with Crippen molar-refractivity contribution < 1.29 is 22.7 Å². The smallest absolute Gasteiger partial charge is 0.339 e. The highest BCUT2D eigenvalue weighted by Crippen LogP contribution is 2.29. The van der Waals surface area contributed by atoms with Crippen molar-refractivity contribution in [2.45, 2.75) is 30.6 Å². The minimum Gasteiger partial charge on any atom is -0.452 e. The van der Waals surface area contributed by atoms with E-state index in [4.69, 9.17) is 14.9 Å². The molecular weight excluding hydrogens is 418 g/mol. The number of pyridine rings is 1. The van der Waals surface area contributed by atoms with E-state index in [1.807, 2.05) is 24.3 Å². The standard InChI is InChI=1S/C22H21N3O5S/c23-31(28,29)15-11-9-14(10-12-15)24-20(26)13-30-22(27)21-16-5-1-3-7-18(16)25-19-8-4-2-6-17(19)21/h1,3,5,7,9-12H,2,4,6,8,13H2,(H,24,26)(H2,23,28,29). The molecule has 1 aromatic heterocycles. The molecule has 2 aromatic carbocycles. The van der Waals surface area contributed by atoms with E-state index in [2.05, 4.69) is 5.32 Å². The van der Waals surface area contributed by atoms with Gasteiger partial charge >= 0.3 is 5.97 Å². The van der Waals surface area contributed by atoms with Gasteiger partial charge in [-0.2, -0.15) is 0 Å². The lowest BCUT2D eigenvalue weighted by atomic mass is 9.90. The Hall–Kier alpha value is -3.30. The Bertz CT molecular complexity index is 1270. The van der Waals surface area contributed by atoms with Crippen LogP contribution in [0.25, 0.3) is 10.9 Å². The number of nitrogens with one attached hydrogen (secondary N) is 1. The number of aromatic nitrogens is 1. The number of anilines is 1. The van der Waals surface area contributed by atoms with Crippen LogP contribution in [0.4, 0.5) is 5.69 Å². The van der Waals surface area contributed by atoms with Crippen LogP contribution in [0.3, 0.4) is 0 Å². The summed E-state index contributed by atoms with van der Waals surface area (Å²) in [6, 6.07) is 12.8. The minimum absolute atomic E-state index is 0.0636. The highest BCUT2D eigenvalue weighted by molar-refractivity contribution is 7.89. The van der Waals surface area contributed by atoms with Crippen LogP contribution in [0.5, 0.6) is 0 Å². The van der Waals surface area contributed by atoms with Gasteiger partial charge in [0.1, 0.15) is 0 Å². The number of rotatable bonds is 5. The van der Waals surface area contributed by atoms with Crippen LogP contribution in [-0.2, 0) is 32.4 Å². The second-order valence-electron chi connectivity index (χ2n) is 7.33. The number of nitrogens with zero attached hydrogens (tertiary/aromatic N) is 1. The number of carbonyl (C=O) groups excluding carboxylic acids is 2. The molecule has 31 heavy (non-hydrogen) atoms. The number of sulfonamides is 1. The van der Waals surface area contributed by atoms with Crippen molar-refractivity contribution in [1.82, 2.24) is 4.98 Å². The Labute approximate surface area is 179 Å². The molecule has 1 amide bonds. The number of primary sulfonamides is 1. The number of benzene rings is 2. The molecule has 1 aliphatic carbocycles. The maximum atomic E-state index is 12.9. The maximum Gasteiger partial charge on any atom is 0.339 e. The van der Waals surface area contributed by atoms with Crippen molar-refractivity contribution in [3.05, 3.63) is 65.4 Å². The highest BCUT2D eigenvalue weighted by Gasteiger charge is 2.24. The fraction of sp³-hybridized carbons (Fsp3) is 0.227. The number of aryl methyl sites for hydroxylation is 1. The number of carbonyl (C=O) groups is 2. The molecule has 0 atom stereocenters. The Balaban J connectivity index is 1.49. The van der Waals surface area contributed by atoms with E-state index >= 15 is 0 Å². The molecule has 0 aliphatic heterocycles. The average molecular weight is 439 g/mol. The molecule has 160 valence electrons. The normalized spacial score (nSPS) is 13.5. The van der Waals surface area contributed by atoms with Gasteiger partial charge in [-0.25, -0.2) is 18.4 Å². The summed E-state index contributed by atoms with van der Waals surface area (Å²) in [6.07, 6.45) is 3.57. The quantitative estimate of drug-likeness (QED) is 0.588. The third kappa shape index (κ3) is 4.57. The molecule has 1 heterocycles. The van der Waals surface area contributed by atoms with Crippen LogP contribution >= 0.6 is 0 Å². The summed E-state index contributed by atoms with van der Waals surface area (Å²) in [5, 5.41) is 8.33. The molecule has 0 saturated carbocycles. The number of ether oxygens (including phenoxy) is 1. The van der Waals surface area contributed by atoms with Gasteiger partial charge in [0.05, 0.1) is 16.0 Å². The number of esters is 1. The molecule has 1 aliphatic rings. The van der Waals surface area contributed by atoms with Crippen molar-refractivity contribution in [1.29, 1.82) is 0 Å². The summed E-state index contributed by atoms with van der Waals surface area (Å²) >= 11 is 0. The Morgan fingerprint density at radius 2 is 1.74 bits per heavy atom. The van der Waals surface area contributed by atoms with Crippen LogP contribution in [-0.4, -0.2) is 31.9 Å². The topological polar surface area (TPSA) is 128 Å². The van der Waals surface area contributed by atoms with Crippen LogP contribution in [0.15, 0.2) is 53.4 Å². The van der Waals surface area contributed by atoms with E-state index in [1.54, 1.807) is 0 Å². The van der Waals surface area contributed by atoms with Crippen LogP contribution < -0.4 is 10.5 Å². The number of nitrogens with two attached hydrogens (primary N) is 1. The lowest BCUT2D eigenvalue weighted by Gasteiger charge is -2.19. The van der Waals surface area contributed by atoms with Gasteiger partial charge in [0.25, 0.3) is 5.91 Å². The van der Waals surface area contributed by atoms with Gasteiger partial charge in [0, 0.05) is 16.8 Å². The average Bonchev–Trinajstić information content (AvgIpc) is 2.75. The zero-order valence-electron chi connectivity index (χ0n) is 16.6. The largest absolute Gasteiger partial charge is 0.452 e. The molecule has 0 fully saturated rings. The fourth-order valence-corrected chi connectivity index (χ4v) is 4.25. The summed E-state index contributed by atoms with van der Waals surface area (Å²) in [6.45, 7) is -0.471. The summed E-state index contributed by atoms with van der Waals surface area (Å²) < 4.78 is 27.9. The number of hydrogen-bond donors (Lipinski definition) is 2. The molecule has 3 N–H and O–H groups in total. The minimum atomic E-state index is -3.81. The lowest BCUT2D eigenvalue weighted by molar-refractivity contribution is -0.119. The molecule has 0 bridgehead atoms. The van der Waals surface area contributed by atoms with Crippen molar-refractivity contribution >= 4 is 38.5 Å². The van der Waals surface area contributed by atoms with Crippen LogP contribution in [0, 0.1) is 0 Å². The molecule has 9 heteroatoms. The van der Waals surface area contributed by atoms with Gasteiger partial charge < -0.3 is 10.1 Å². The van der Waals surface area contributed by atoms with E-state index in [9.17, 15) is 18.0 Å². The predicted octanol–water partition coefficient (Wildman–Crippen LogP) is 2.56. The molecule has 3 aromatic rings. The van der Waals surface area contributed by atoms with Crippen LogP contribution in [0.1, 0.15) is 34.5 Å². The Kier molecular flexibility index (Phi) is 5.71. The fourth-order valence-electron chi connectivity index (χ4n) is 3.73. The van der Waals surface area contributed by atoms with Gasteiger partial charge in [-0.15, -0.1) is 0 Å². The first kappa shape index (κ1) is 21.0. The lowest BCUT2D eigenvalue weighted by Crippen LogP contribution is -2.22. The predicted molar refractivity (Wildman–Crippen MR) is 115 cm³/mol. The van der Waals surface area contributed by atoms with E-state index in [-0.39, 0.29) is 4.90 Å². The number of amides is 1. The maximum absolute atomic E-state index is 12.9. The second kappa shape index (κ2) is 8.44. The van der Waals surface area contributed by atoms with Gasteiger partial charge in [0.15, 0.2) is 6.61 Å². The zero-order valence-corrected chi connectivity index (χ0v) is 17.4. The van der Waals surface area contributed by atoms with Gasteiger partial charge in [0.2, 0.25) is 10.0 Å². The third-order valence-corrected chi connectivity index (χ3v) is 6.10. The molecule has 0 radical (unpaired) electrons. The van der Waals surface area contributed by atoms with Gasteiger partial charge in [-0.1, -0.05) is 18.2 Å². The second-order valence-corrected chi connectivity index (χ2v) is 8.89. The number of hydrogen-bond acceptors (Lipinski definition) is 6. The summed E-state index contributed by atoms with van der Waals surface area (Å²) in [7, 11) is -3.81. The van der Waals surface area contributed by atoms with Crippen molar-refractivity contribution in [2.75, 3.05) is 11.9 Å². The van der Waals surface area contributed by atoms with Crippen molar-refractivity contribution in [2.24, 2.45) is 5.14 Å². The SMILES string of the molecule is NS(=O)(=O)c1ccc(NC(=O)COC(=O)c2c3c(nc4ccccc24)CCCC3)cc1. The van der Waals surface area contributed by atoms with Crippen LogP contribution in [0.2, 0.25) is 0 Å². The molecule has 0 unspecified atom stereocenters. The highest BCUT2D eigenvalue weighted by atomic mass is 32.2. The Morgan fingerprint density at radius 1 is 1.03 bits per heavy atom. The number of para-hydroxylation sites is 1. The molecular formula is C22H21N3O5S. The molecule has 0 saturated heterocycles. The first-order chi connectivity index (χ1) is 14.8. The Morgan fingerprint density at radius 3 is 2.48 bits per heavy atom. The molecule has 0 spiro atoms. The third-order valence-electron chi connectivity index (χ3n) is 5.17. The molecule has 8 nitrogen and oxygen atoms in total. The number of fused-ring (bicyclic) bond motifs is 2. The van der Waals surface area contributed by atoms with E-state index < -0.39 is 28.5 Å². The van der Waals surface area contributed by atoms with Gasteiger partial charge in [-0.3, -0.25) is 9.78 Å². The van der Waals surface area contributed by atoms with E-state index in [1.165, 1.54) is 24.3 Å². The van der Waals surface area contributed by atoms with E-state index in [0.29, 0.717) is 16.6 Å². The first-order valence-electron chi connectivity index (χ1n) is 9.83. The van der Waals surface area contributed by atoms with E-state index in [0.717, 1.165) is 42.5 Å². The summed E-state index contributed by atoms with van der Waals surface area (Å²) in [5.41, 5.74) is 3.38. The monoisotopic (exact) mass is 439 g/mol. The summed E-state index contributed by atoms with van der Waals surface area (Å²) in [5.74, 6) is -1.10. The first-order valence-corrected chi connectivity index (χ1v) is 11.4.